The molecular weight excluding hydrogens is 507 g/mol. The summed E-state index contributed by atoms with van der Waals surface area (Å²) >= 11 is 5.97. The highest BCUT2D eigenvalue weighted by molar-refractivity contribution is 6.30. The van der Waals surface area contributed by atoms with E-state index >= 15 is 0 Å². The van der Waals surface area contributed by atoms with Gasteiger partial charge in [-0.3, -0.25) is 9.59 Å². The second-order valence-corrected chi connectivity index (χ2v) is 8.92. The zero-order valence-electron chi connectivity index (χ0n) is 20.2. The molecule has 1 heterocycles. The van der Waals surface area contributed by atoms with Crippen LogP contribution in [0.2, 0.25) is 5.02 Å². The molecule has 0 aliphatic rings. The van der Waals surface area contributed by atoms with Gasteiger partial charge >= 0.3 is 6.36 Å². The quantitative estimate of drug-likeness (QED) is 0.222. The van der Waals surface area contributed by atoms with Crippen LogP contribution in [0.25, 0.3) is 16.6 Å². The molecule has 0 amide bonds. The lowest BCUT2D eigenvalue weighted by Gasteiger charge is -2.16. The Hall–Kier alpha value is -3.78. The van der Waals surface area contributed by atoms with Crippen LogP contribution in [0, 0.1) is 6.92 Å². The van der Waals surface area contributed by atoms with Gasteiger partial charge in [-0.05, 0) is 68.8 Å². The van der Waals surface area contributed by atoms with Gasteiger partial charge in [0, 0.05) is 39.5 Å². The normalized spacial score (nSPS) is 12.4. The number of carbonyl (C=O) groups is 2. The Bertz CT molecular complexity index is 1480. The van der Waals surface area contributed by atoms with Crippen LogP contribution in [-0.2, 0) is 4.79 Å². The molecule has 0 bridgehead atoms. The van der Waals surface area contributed by atoms with Crippen molar-refractivity contribution in [1.82, 2.24) is 4.57 Å². The number of halogens is 4. The molecule has 0 saturated carbocycles. The molecule has 0 aliphatic heterocycles. The third-order valence-corrected chi connectivity index (χ3v) is 6.17. The molecule has 0 fully saturated rings. The van der Waals surface area contributed by atoms with Gasteiger partial charge in [-0.15, -0.1) is 13.2 Å². The Morgan fingerprint density at radius 2 is 1.70 bits per heavy atom. The van der Waals surface area contributed by atoms with E-state index < -0.39 is 18.2 Å². The first-order valence-corrected chi connectivity index (χ1v) is 11.8. The smallest absolute Gasteiger partial charge is 0.483 e. The van der Waals surface area contributed by atoms with Crippen molar-refractivity contribution in [3.05, 3.63) is 88.6 Å². The number of ketones is 2. The molecular formula is C28H23ClF3NO4. The van der Waals surface area contributed by atoms with Gasteiger partial charge in [0.15, 0.2) is 17.7 Å². The lowest BCUT2D eigenvalue weighted by Crippen LogP contribution is -2.23. The first-order valence-electron chi connectivity index (χ1n) is 11.5. The topological polar surface area (TPSA) is 57.5 Å². The minimum absolute atomic E-state index is 0.125. The van der Waals surface area contributed by atoms with Crippen LogP contribution in [0.15, 0.2) is 66.7 Å². The van der Waals surface area contributed by atoms with Crippen LogP contribution in [0.5, 0.6) is 11.5 Å². The maximum atomic E-state index is 13.5. The highest BCUT2D eigenvalue weighted by Gasteiger charge is 2.32. The fourth-order valence-electron chi connectivity index (χ4n) is 4.27. The molecule has 192 valence electrons. The zero-order chi connectivity index (χ0) is 26.9. The van der Waals surface area contributed by atoms with Gasteiger partial charge in [0.05, 0.1) is 11.1 Å². The molecule has 5 nitrogen and oxygen atoms in total. The summed E-state index contributed by atoms with van der Waals surface area (Å²) in [5, 5.41) is 0.922. The third kappa shape index (κ3) is 5.64. The number of aromatic nitrogens is 1. The summed E-state index contributed by atoms with van der Waals surface area (Å²) in [5.74, 6) is -0.439. The number of carbonyl (C=O) groups excluding carboxylic acids is 2. The van der Waals surface area contributed by atoms with Crippen LogP contribution in [0.1, 0.15) is 41.9 Å². The molecule has 0 unspecified atom stereocenters. The van der Waals surface area contributed by atoms with E-state index in [0.717, 1.165) is 0 Å². The molecule has 0 saturated heterocycles. The van der Waals surface area contributed by atoms with Crippen LogP contribution < -0.4 is 9.47 Å². The first kappa shape index (κ1) is 26.3. The summed E-state index contributed by atoms with van der Waals surface area (Å²) in [6.45, 7) is 4.99. The van der Waals surface area contributed by atoms with Crippen LogP contribution in [0.3, 0.4) is 0 Å². The SMILES string of the molecule is CC[C@@H](Oc1cccc(-n2c(C)c(C(=O)c3ccc(Cl)cc3)c3ccc(OC(F)(F)F)cc32)c1)C(C)=O. The average molecular weight is 530 g/mol. The highest BCUT2D eigenvalue weighted by atomic mass is 35.5. The third-order valence-electron chi connectivity index (χ3n) is 5.92. The molecule has 37 heavy (non-hydrogen) atoms. The molecule has 1 atom stereocenters. The van der Waals surface area contributed by atoms with E-state index in [1.165, 1.54) is 25.1 Å². The second-order valence-electron chi connectivity index (χ2n) is 8.48. The molecule has 3 aromatic carbocycles. The molecule has 0 N–H and O–H groups in total. The Balaban J connectivity index is 1.91. The monoisotopic (exact) mass is 529 g/mol. The van der Waals surface area contributed by atoms with Crippen molar-refractivity contribution >= 4 is 34.1 Å². The van der Waals surface area contributed by atoms with E-state index in [2.05, 4.69) is 4.74 Å². The Labute approximate surface area is 216 Å². The average Bonchev–Trinajstić information content (AvgIpc) is 3.12. The van der Waals surface area contributed by atoms with E-state index in [1.807, 2.05) is 6.92 Å². The Morgan fingerprint density at radius 3 is 2.32 bits per heavy atom. The predicted octanol–water partition coefficient (Wildman–Crippen LogP) is 7.47. The van der Waals surface area contributed by atoms with Gasteiger partial charge in [-0.25, -0.2) is 0 Å². The van der Waals surface area contributed by atoms with E-state index in [4.69, 9.17) is 16.3 Å². The van der Waals surface area contributed by atoms with Gasteiger partial charge in [0.1, 0.15) is 11.5 Å². The summed E-state index contributed by atoms with van der Waals surface area (Å²) in [7, 11) is 0. The largest absolute Gasteiger partial charge is 0.573 e. The van der Waals surface area contributed by atoms with Gasteiger partial charge in [-0.1, -0.05) is 24.6 Å². The molecule has 0 spiro atoms. The number of hydrogen-bond acceptors (Lipinski definition) is 4. The van der Waals surface area contributed by atoms with E-state index in [-0.39, 0.29) is 11.6 Å². The van der Waals surface area contributed by atoms with Crippen LogP contribution >= 0.6 is 11.6 Å². The minimum Gasteiger partial charge on any atom is -0.483 e. The van der Waals surface area contributed by atoms with Crippen molar-refractivity contribution in [3.8, 4) is 17.2 Å². The second kappa shape index (κ2) is 10.3. The lowest BCUT2D eigenvalue weighted by molar-refractivity contribution is -0.274. The zero-order valence-corrected chi connectivity index (χ0v) is 21.0. The molecule has 0 radical (unpaired) electrons. The molecule has 0 aliphatic carbocycles. The fourth-order valence-corrected chi connectivity index (χ4v) is 4.40. The van der Waals surface area contributed by atoms with Crippen molar-refractivity contribution < 1.29 is 32.2 Å². The summed E-state index contributed by atoms with van der Waals surface area (Å²) in [5.41, 5.74) is 2.10. The van der Waals surface area contributed by atoms with Crippen molar-refractivity contribution in [1.29, 1.82) is 0 Å². The van der Waals surface area contributed by atoms with Crippen LogP contribution in [-0.4, -0.2) is 28.6 Å². The van der Waals surface area contributed by atoms with E-state index in [9.17, 15) is 22.8 Å². The van der Waals surface area contributed by atoms with Gasteiger partial charge < -0.3 is 14.0 Å². The number of Topliss-reactive ketones (excluding diaryl/α,β-unsaturated/α-hetero) is 1. The molecule has 1 aromatic heterocycles. The summed E-state index contributed by atoms with van der Waals surface area (Å²) in [6.07, 6.45) is -5.03. The van der Waals surface area contributed by atoms with Crippen molar-refractivity contribution in [2.24, 2.45) is 0 Å². The number of ether oxygens (including phenoxy) is 2. The van der Waals surface area contributed by atoms with Gasteiger partial charge in [0.2, 0.25) is 0 Å². The summed E-state index contributed by atoms with van der Waals surface area (Å²) < 4.78 is 50.6. The summed E-state index contributed by atoms with van der Waals surface area (Å²) in [4.78, 5) is 25.4. The standard InChI is InChI=1S/C28H23ClF3NO4/c1-4-25(17(3)34)36-21-7-5-6-20(14-21)33-16(2)26(27(35)18-8-10-19(29)11-9-18)23-13-12-22(15-24(23)33)37-28(30,31)32/h5-15,25H,4H2,1-3H3/t25-/m1/s1. The highest BCUT2D eigenvalue weighted by Crippen LogP contribution is 2.35. The number of fused-ring (bicyclic) bond motifs is 1. The Morgan fingerprint density at radius 1 is 1.00 bits per heavy atom. The van der Waals surface area contributed by atoms with Gasteiger partial charge in [-0.2, -0.15) is 0 Å². The van der Waals surface area contributed by atoms with Crippen molar-refractivity contribution in [2.45, 2.75) is 39.7 Å². The Kier molecular flexibility index (Phi) is 7.32. The number of hydrogen-bond donors (Lipinski definition) is 0. The minimum atomic E-state index is -4.88. The number of benzene rings is 3. The maximum absolute atomic E-state index is 13.5. The van der Waals surface area contributed by atoms with E-state index in [1.54, 1.807) is 60.0 Å². The predicted molar refractivity (Wildman–Crippen MR) is 135 cm³/mol. The number of rotatable bonds is 8. The fraction of sp³-hybridized carbons (Fsp3) is 0.214. The number of alkyl halides is 3. The van der Waals surface area contributed by atoms with Crippen molar-refractivity contribution in [3.63, 3.8) is 0 Å². The van der Waals surface area contributed by atoms with E-state index in [0.29, 0.717) is 50.6 Å². The maximum Gasteiger partial charge on any atom is 0.573 e. The lowest BCUT2D eigenvalue weighted by atomic mass is 10.0. The van der Waals surface area contributed by atoms with Crippen molar-refractivity contribution in [2.75, 3.05) is 0 Å². The van der Waals surface area contributed by atoms with Gasteiger partial charge in [0.25, 0.3) is 0 Å². The molecule has 4 aromatic rings. The number of nitrogens with zero attached hydrogens (tertiary/aromatic N) is 1. The molecule has 9 heteroatoms. The first-order chi connectivity index (χ1) is 17.5. The summed E-state index contributed by atoms with van der Waals surface area (Å²) in [6, 6.07) is 17.0. The van der Waals surface area contributed by atoms with Crippen LogP contribution in [0.4, 0.5) is 13.2 Å². The molecule has 4 rings (SSSR count).